The highest BCUT2D eigenvalue weighted by Gasteiger charge is 2.47. The summed E-state index contributed by atoms with van der Waals surface area (Å²) in [6.07, 6.45) is 3.58. The maximum Gasteiger partial charge on any atom is 0.410 e. The summed E-state index contributed by atoms with van der Waals surface area (Å²) in [6, 6.07) is 0.277. The molecule has 0 aromatic carbocycles. The molecule has 2 fully saturated rings. The molecular weight excluding hydrogens is 324 g/mol. The van der Waals surface area contributed by atoms with E-state index in [1.54, 1.807) is 11.8 Å². The molecule has 0 radical (unpaired) electrons. The number of piperazine rings is 1. The molecule has 8 nitrogen and oxygen atoms in total. The summed E-state index contributed by atoms with van der Waals surface area (Å²) in [6.45, 7) is 8.94. The van der Waals surface area contributed by atoms with Crippen LogP contribution in [-0.2, 0) is 9.47 Å². The fourth-order valence-electron chi connectivity index (χ4n) is 3.25. The lowest BCUT2D eigenvalue weighted by Crippen LogP contribution is -2.50. The molecule has 25 heavy (non-hydrogen) atoms. The SMILES string of the molecule is CCOC(=O)c1cnc(N2CC3CC2CN3C(=O)OC(C)(C)C)nc1. The molecule has 0 saturated carbocycles. The molecule has 0 spiro atoms. The van der Waals surface area contributed by atoms with Crippen LogP contribution in [0.25, 0.3) is 0 Å². The van der Waals surface area contributed by atoms with E-state index in [9.17, 15) is 9.59 Å². The van der Waals surface area contributed by atoms with E-state index in [1.165, 1.54) is 12.4 Å². The zero-order chi connectivity index (χ0) is 18.2. The summed E-state index contributed by atoms with van der Waals surface area (Å²) in [5, 5.41) is 0. The predicted octanol–water partition coefficient (Wildman–Crippen LogP) is 1.85. The number of anilines is 1. The topological polar surface area (TPSA) is 84.9 Å². The third kappa shape index (κ3) is 3.67. The van der Waals surface area contributed by atoms with Gasteiger partial charge in [0.15, 0.2) is 0 Å². The Morgan fingerprint density at radius 1 is 1.20 bits per heavy atom. The monoisotopic (exact) mass is 348 g/mol. The lowest BCUT2D eigenvalue weighted by atomic mass is 10.2. The van der Waals surface area contributed by atoms with Crippen molar-refractivity contribution in [3.8, 4) is 0 Å². The van der Waals surface area contributed by atoms with Gasteiger partial charge < -0.3 is 19.3 Å². The Labute approximate surface area is 147 Å². The van der Waals surface area contributed by atoms with Gasteiger partial charge in [-0.25, -0.2) is 19.6 Å². The molecule has 8 heteroatoms. The average molecular weight is 348 g/mol. The fraction of sp³-hybridized carbons (Fsp3) is 0.647. The minimum Gasteiger partial charge on any atom is -0.462 e. The van der Waals surface area contributed by atoms with Crippen LogP contribution in [-0.4, -0.2) is 64.3 Å². The van der Waals surface area contributed by atoms with Gasteiger partial charge in [0.25, 0.3) is 0 Å². The quantitative estimate of drug-likeness (QED) is 0.771. The van der Waals surface area contributed by atoms with Gasteiger partial charge in [0.05, 0.1) is 24.3 Å². The molecule has 3 heterocycles. The van der Waals surface area contributed by atoms with Gasteiger partial charge in [0.2, 0.25) is 5.95 Å². The number of amides is 1. The summed E-state index contributed by atoms with van der Waals surface area (Å²) in [7, 11) is 0. The molecule has 0 aliphatic carbocycles. The molecule has 2 atom stereocenters. The third-order valence-corrected chi connectivity index (χ3v) is 4.27. The van der Waals surface area contributed by atoms with Crippen molar-refractivity contribution in [2.24, 2.45) is 0 Å². The molecule has 1 aromatic rings. The number of rotatable bonds is 3. The zero-order valence-corrected chi connectivity index (χ0v) is 15.1. The summed E-state index contributed by atoms with van der Waals surface area (Å²) in [5.74, 6) is 0.150. The number of aromatic nitrogens is 2. The molecule has 2 aliphatic heterocycles. The van der Waals surface area contributed by atoms with E-state index in [0.29, 0.717) is 31.2 Å². The second-order valence-electron chi connectivity index (χ2n) is 7.32. The number of carbonyl (C=O) groups excluding carboxylic acids is 2. The fourth-order valence-corrected chi connectivity index (χ4v) is 3.25. The van der Waals surface area contributed by atoms with E-state index < -0.39 is 11.6 Å². The number of ether oxygens (including phenoxy) is 2. The number of carbonyl (C=O) groups is 2. The lowest BCUT2D eigenvalue weighted by molar-refractivity contribution is 0.0214. The van der Waals surface area contributed by atoms with Crippen LogP contribution in [0, 0.1) is 0 Å². The van der Waals surface area contributed by atoms with Gasteiger partial charge in [-0.05, 0) is 34.1 Å². The highest BCUT2D eigenvalue weighted by molar-refractivity contribution is 5.88. The highest BCUT2D eigenvalue weighted by atomic mass is 16.6. The molecule has 136 valence electrons. The van der Waals surface area contributed by atoms with Crippen molar-refractivity contribution in [2.45, 2.75) is 51.8 Å². The minimum absolute atomic E-state index is 0.105. The Morgan fingerprint density at radius 2 is 1.88 bits per heavy atom. The van der Waals surface area contributed by atoms with Crippen LogP contribution in [0.4, 0.5) is 10.7 Å². The first-order valence-electron chi connectivity index (χ1n) is 8.54. The van der Waals surface area contributed by atoms with E-state index >= 15 is 0 Å². The Morgan fingerprint density at radius 3 is 2.40 bits per heavy atom. The Balaban J connectivity index is 1.63. The molecule has 3 rings (SSSR count). The van der Waals surface area contributed by atoms with Gasteiger partial charge in [-0.1, -0.05) is 0 Å². The summed E-state index contributed by atoms with van der Waals surface area (Å²) in [4.78, 5) is 36.4. The molecule has 2 unspecified atom stereocenters. The van der Waals surface area contributed by atoms with E-state index in [0.717, 1.165) is 6.42 Å². The van der Waals surface area contributed by atoms with E-state index in [2.05, 4.69) is 14.9 Å². The Kier molecular flexibility index (Phi) is 4.53. The Hall–Kier alpha value is -2.38. The van der Waals surface area contributed by atoms with Crippen LogP contribution in [0.5, 0.6) is 0 Å². The van der Waals surface area contributed by atoms with Crippen molar-refractivity contribution in [1.82, 2.24) is 14.9 Å². The normalized spacial score (nSPS) is 22.2. The van der Waals surface area contributed by atoms with E-state index in [-0.39, 0.29) is 18.2 Å². The van der Waals surface area contributed by atoms with Gasteiger partial charge in [0.1, 0.15) is 5.60 Å². The molecule has 2 bridgehead atoms. The smallest absolute Gasteiger partial charge is 0.410 e. The van der Waals surface area contributed by atoms with Gasteiger partial charge in [-0.3, -0.25) is 0 Å². The van der Waals surface area contributed by atoms with Gasteiger partial charge in [-0.15, -0.1) is 0 Å². The number of hydrogen-bond acceptors (Lipinski definition) is 7. The summed E-state index contributed by atoms with van der Waals surface area (Å²) in [5.41, 5.74) is -0.157. The molecule has 2 aliphatic rings. The van der Waals surface area contributed by atoms with Gasteiger partial charge in [0, 0.05) is 25.5 Å². The highest BCUT2D eigenvalue weighted by Crippen LogP contribution is 2.33. The van der Waals surface area contributed by atoms with Crippen molar-refractivity contribution < 1.29 is 19.1 Å². The molecule has 0 N–H and O–H groups in total. The van der Waals surface area contributed by atoms with E-state index in [4.69, 9.17) is 9.47 Å². The predicted molar refractivity (Wildman–Crippen MR) is 90.5 cm³/mol. The maximum absolute atomic E-state index is 12.3. The van der Waals surface area contributed by atoms with Crippen molar-refractivity contribution in [1.29, 1.82) is 0 Å². The maximum atomic E-state index is 12.3. The van der Waals surface area contributed by atoms with Crippen molar-refractivity contribution in [2.75, 3.05) is 24.6 Å². The minimum atomic E-state index is -0.495. The summed E-state index contributed by atoms with van der Waals surface area (Å²) < 4.78 is 10.4. The molecule has 1 aromatic heterocycles. The largest absolute Gasteiger partial charge is 0.462 e. The average Bonchev–Trinajstić information content (AvgIpc) is 3.14. The number of likely N-dealkylation sites (tertiary alicyclic amines) is 1. The number of fused-ring (bicyclic) bond motifs is 2. The van der Waals surface area contributed by atoms with Crippen LogP contribution < -0.4 is 4.90 Å². The molecular formula is C17H24N4O4. The van der Waals surface area contributed by atoms with Crippen molar-refractivity contribution >= 4 is 18.0 Å². The lowest BCUT2D eigenvalue weighted by Gasteiger charge is -2.35. The summed E-state index contributed by atoms with van der Waals surface area (Å²) >= 11 is 0. The van der Waals surface area contributed by atoms with Crippen LogP contribution in [0.15, 0.2) is 12.4 Å². The first-order chi connectivity index (χ1) is 11.8. The third-order valence-electron chi connectivity index (χ3n) is 4.27. The van der Waals surface area contributed by atoms with Crippen LogP contribution in [0.3, 0.4) is 0 Å². The number of nitrogens with zero attached hydrogens (tertiary/aromatic N) is 4. The Bertz CT molecular complexity index is 656. The second kappa shape index (κ2) is 6.50. The van der Waals surface area contributed by atoms with Gasteiger partial charge in [-0.2, -0.15) is 0 Å². The number of esters is 1. The van der Waals surface area contributed by atoms with E-state index in [1.807, 2.05) is 20.8 Å². The van der Waals surface area contributed by atoms with Crippen molar-refractivity contribution in [3.05, 3.63) is 18.0 Å². The molecule has 2 saturated heterocycles. The first kappa shape index (κ1) is 17.4. The standard InChI is InChI=1S/C17H24N4O4/c1-5-24-14(22)11-7-18-15(19-8-11)20-9-13-6-12(20)10-21(13)16(23)25-17(2,3)4/h7-8,12-13H,5-6,9-10H2,1-4H3. The molecule has 1 amide bonds. The van der Waals surface area contributed by atoms with Crippen LogP contribution >= 0.6 is 0 Å². The van der Waals surface area contributed by atoms with Crippen LogP contribution in [0.1, 0.15) is 44.5 Å². The first-order valence-corrected chi connectivity index (χ1v) is 8.54. The van der Waals surface area contributed by atoms with Crippen LogP contribution in [0.2, 0.25) is 0 Å². The van der Waals surface area contributed by atoms with Gasteiger partial charge >= 0.3 is 12.1 Å². The number of hydrogen-bond donors (Lipinski definition) is 0. The second-order valence-corrected chi connectivity index (χ2v) is 7.32. The van der Waals surface area contributed by atoms with Crippen molar-refractivity contribution in [3.63, 3.8) is 0 Å². The zero-order valence-electron chi connectivity index (χ0n) is 15.1.